The summed E-state index contributed by atoms with van der Waals surface area (Å²) in [6.45, 7) is -1.06. The molecular formula is C13H14N2O6-2. The first-order valence-electron chi connectivity index (χ1n) is 6.53. The molecule has 1 fully saturated rings. The lowest BCUT2D eigenvalue weighted by atomic mass is 9.82. The summed E-state index contributed by atoms with van der Waals surface area (Å²) in [5.74, 6) is -5.93. The summed E-state index contributed by atoms with van der Waals surface area (Å²) in [5.41, 5.74) is 0. The fourth-order valence-corrected chi connectivity index (χ4v) is 3.02. The molecule has 2 amide bonds. The molecule has 0 aromatic heterocycles. The summed E-state index contributed by atoms with van der Waals surface area (Å²) in [6, 6.07) is 0. The third kappa shape index (κ3) is 3.21. The molecule has 0 saturated heterocycles. The van der Waals surface area contributed by atoms with Gasteiger partial charge in [0.05, 0.1) is 25.0 Å². The molecule has 2 aliphatic rings. The van der Waals surface area contributed by atoms with Crippen LogP contribution in [0.5, 0.6) is 0 Å². The normalized spacial score (nSPS) is 29.1. The molecule has 0 radical (unpaired) electrons. The number of hydrogen-bond acceptors (Lipinski definition) is 6. The number of aliphatic carboxylic acids is 2. The van der Waals surface area contributed by atoms with Crippen LogP contribution in [0.2, 0.25) is 0 Å². The molecule has 2 aliphatic carbocycles. The fourth-order valence-electron chi connectivity index (χ4n) is 3.02. The summed E-state index contributed by atoms with van der Waals surface area (Å²) >= 11 is 0. The average Bonchev–Trinajstić information content (AvgIpc) is 3.02. The van der Waals surface area contributed by atoms with E-state index in [1.807, 2.05) is 11.4 Å². The standard InChI is InChI=1S/C13H16N2O6/c16-8(14-5-9(17)18)4-15-12(19)10-6-1-2-7(3-6)11(10)13(20)21/h1-2,6-7,10-11H,3-5H2,(H,14,16)(H,15,19)(H,17,18)(H,20,21)/p-2/t6-,7+,10+,11-/m0/s1. The van der Waals surface area contributed by atoms with Gasteiger partial charge >= 0.3 is 0 Å². The van der Waals surface area contributed by atoms with Crippen LogP contribution in [0, 0.1) is 23.7 Å². The van der Waals surface area contributed by atoms with Crippen LogP contribution in [-0.4, -0.2) is 36.8 Å². The molecule has 2 bridgehead atoms. The molecule has 0 aliphatic heterocycles. The van der Waals surface area contributed by atoms with Crippen molar-refractivity contribution in [1.82, 2.24) is 10.6 Å². The molecule has 1 saturated carbocycles. The van der Waals surface area contributed by atoms with Crippen molar-refractivity contribution in [1.29, 1.82) is 0 Å². The van der Waals surface area contributed by atoms with Gasteiger partial charge in [-0.05, 0) is 18.3 Å². The minimum atomic E-state index is -1.44. The Bertz CT molecular complexity index is 515. The smallest absolute Gasteiger partial charge is 0.239 e. The highest BCUT2D eigenvalue weighted by Gasteiger charge is 2.48. The lowest BCUT2D eigenvalue weighted by molar-refractivity contribution is -0.313. The van der Waals surface area contributed by atoms with Crippen LogP contribution in [0.15, 0.2) is 12.2 Å². The SMILES string of the molecule is O=C([O-])CNC(=O)CNC(=O)[C@H]1[C@@H](C(=O)[O-])[C@@H]2C=C[C@H]1C2. The molecule has 114 valence electrons. The van der Waals surface area contributed by atoms with E-state index in [1.54, 1.807) is 6.08 Å². The number of carboxylic acids is 2. The Morgan fingerprint density at radius 1 is 0.952 bits per heavy atom. The van der Waals surface area contributed by atoms with Gasteiger partial charge in [0.2, 0.25) is 11.8 Å². The van der Waals surface area contributed by atoms with Crippen LogP contribution in [0.1, 0.15) is 6.42 Å². The van der Waals surface area contributed by atoms with Crippen LogP contribution in [0.3, 0.4) is 0 Å². The van der Waals surface area contributed by atoms with Gasteiger partial charge in [-0.25, -0.2) is 0 Å². The number of allylic oxidation sites excluding steroid dienone is 2. The first-order chi connectivity index (χ1) is 9.90. The number of hydrogen-bond donors (Lipinski definition) is 2. The van der Waals surface area contributed by atoms with Gasteiger partial charge < -0.3 is 30.4 Å². The first-order valence-corrected chi connectivity index (χ1v) is 6.53. The van der Waals surface area contributed by atoms with Gasteiger partial charge in [-0.1, -0.05) is 12.2 Å². The molecule has 2 rings (SSSR count). The zero-order chi connectivity index (χ0) is 15.6. The summed E-state index contributed by atoms with van der Waals surface area (Å²) < 4.78 is 0. The van der Waals surface area contributed by atoms with E-state index in [0.29, 0.717) is 6.42 Å². The third-order valence-electron chi connectivity index (χ3n) is 3.89. The Labute approximate surface area is 120 Å². The number of carbonyl (C=O) groups excluding carboxylic acids is 4. The van der Waals surface area contributed by atoms with Gasteiger partial charge in [0.15, 0.2) is 0 Å². The molecule has 0 aromatic rings. The van der Waals surface area contributed by atoms with Crippen LogP contribution < -0.4 is 20.8 Å². The van der Waals surface area contributed by atoms with Gasteiger partial charge in [-0.2, -0.15) is 0 Å². The predicted molar refractivity (Wildman–Crippen MR) is 63.8 cm³/mol. The zero-order valence-corrected chi connectivity index (χ0v) is 11.0. The first kappa shape index (κ1) is 15.0. The second-order valence-corrected chi connectivity index (χ2v) is 5.19. The maximum absolute atomic E-state index is 12.0. The number of fused-ring (bicyclic) bond motifs is 2. The molecule has 8 nitrogen and oxygen atoms in total. The van der Waals surface area contributed by atoms with E-state index in [-0.39, 0.29) is 11.8 Å². The van der Waals surface area contributed by atoms with E-state index in [4.69, 9.17) is 0 Å². The zero-order valence-electron chi connectivity index (χ0n) is 11.0. The number of nitrogens with one attached hydrogen (secondary N) is 2. The van der Waals surface area contributed by atoms with Crippen molar-refractivity contribution < 1.29 is 29.4 Å². The van der Waals surface area contributed by atoms with E-state index in [0.717, 1.165) is 0 Å². The fraction of sp³-hybridized carbons (Fsp3) is 0.538. The predicted octanol–water partition coefficient (Wildman–Crippen LogP) is -3.84. The lowest BCUT2D eigenvalue weighted by Gasteiger charge is -2.27. The molecule has 4 atom stereocenters. The second-order valence-electron chi connectivity index (χ2n) is 5.19. The van der Waals surface area contributed by atoms with Crippen molar-refractivity contribution in [2.45, 2.75) is 6.42 Å². The van der Waals surface area contributed by atoms with Crippen molar-refractivity contribution in [3.8, 4) is 0 Å². The molecule has 2 N–H and O–H groups in total. The topological polar surface area (TPSA) is 138 Å². The molecule has 21 heavy (non-hydrogen) atoms. The van der Waals surface area contributed by atoms with Crippen molar-refractivity contribution >= 4 is 23.8 Å². The average molecular weight is 294 g/mol. The summed E-state index contributed by atoms with van der Waals surface area (Å²) in [5, 5.41) is 25.7. The maximum Gasteiger partial charge on any atom is 0.239 e. The Morgan fingerprint density at radius 3 is 2.14 bits per heavy atom. The quantitative estimate of drug-likeness (QED) is 0.481. The largest absolute Gasteiger partial charge is 0.550 e. The van der Waals surface area contributed by atoms with Gasteiger partial charge in [0.25, 0.3) is 0 Å². The summed E-state index contributed by atoms with van der Waals surface area (Å²) in [4.78, 5) is 44.6. The van der Waals surface area contributed by atoms with E-state index in [9.17, 15) is 29.4 Å². The lowest BCUT2D eigenvalue weighted by Crippen LogP contribution is -2.47. The second kappa shape index (κ2) is 5.94. The molecule has 0 heterocycles. The molecule has 0 spiro atoms. The Morgan fingerprint density at radius 2 is 1.57 bits per heavy atom. The molecule has 0 unspecified atom stereocenters. The van der Waals surface area contributed by atoms with Crippen molar-refractivity contribution in [2.75, 3.05) is 13.1 Å². The highest BCUT2D eigenvalue weighted by Crippen LogP contribution is 2.47. The van der Waals surface area contributed by atoms with Crippen LogP contribution in [-0.2, 0) is 19.2 Å². The van der Waals surface area contributed by atoms with Crippen LogP contribution >= 0.6 is 0 Å². The van der Waals surface area contributed by atoms with E-state index in [2.05, 4.69) is 5.32 Å². The van der Waals surface area contributed by atoms with Gasteiger partial charge in [-0.15, -0.1) is 0 Å². The number of carbonyl (C=O) groups is 4. The van der Waals surface area contributed by atoms with E-state index < -0.39 is 48.7 Å². The molecular weight excluding hydrogens is 280 g/mol. The highest BCUT2D eigenvalue weighted by atomic mass is 16.4. The van der Waals surface area contributed by atoms with Crippen molar-refractivity contribution in [3.63, 3.8) is 0 Å². The van der Waals surface area contributed by atoms with Crippen molar-refractivity contribution in [3.05, 3.63) is 12.2 Å². The number of rotatable bonds is 6. The minimum Gasteiger partial charge on any atom is -0.550 e. The summed E-state index contributed by atoms with van der Waals surface area (Å²) in [6.07, 6.45) is 4.18. The number of carboxylic acid groups (broad SMARTS) is 2. The van der Waals surface area contributed by atoms with Gasteiger partial charge in [-0.3, -0.25) is 9.59 Å². The van der Waals surface area contributed by atoms with Crippen molar-refractivity contribution in [2.24, 2.45) is 23.7 Å². The number of amides is 2. The van der Waals surface area contributed by atoms with E-state index in [1.165, 1.54) is 0 Å². The van der Waals surface area contributed by atoms with Gasteiger partial charge in [0.1, 0.15) is 0 Å². The molecule has 8 heteroatoms. The van der Waals surface area contributed by atoms with Crippen LogP contribution in [0.25, 0.3) is 0 Å². The Balaban J connectivity index is 1.88. The Kier molecular flexibility index (Phi) is 4.25. The third-order valence-corrected chi connectivity index (χ3v) is 3.89. The molecule has 0 aromatic carbocycles. The van der Waals surface area contributed by atoms with E-state index >= 15 is 0 Å². The van der Waals surface area contributed by atoms with Gasteiger partial charge in [0, 0.05) is 11.9 Å². The van der Waals surface area contributed by atoms with Crippen LogP contribution in [0.4, 0.5) is 0 Å². The highest BCUT2D eigenvalue weighted by molar-refractivity contribution is 5.90. The minimum absolute atomic E-state index is 0.163. The maximum atomic E-state index is 12.0. The Hall–Kier alpha value is -2.38. The monoisotopic (exact) mass is 294 g/mol. The summed E-state index contributed by atoms with van der Waals surface area (Å²) in [7, 11) is 0.